The molecule has 0 saturated heterocycles. The topological polar surface area (TPSA) is 38.5 Å². The first-order valence-corrected chi connectivity index (χ1v) is 5.17. The summed E-state index contributed by atoms with van der Waals surface area (Å²) in [6.45, 7) is 7.80. The van der Waals surface area contributed by atoms with Crippen LogP contribution in [0.25, 0.3) is 0 Å². The SMILES string of the molecule is CCOc1noc2c1CN(CC)CC2. The minimum absolute atomic E-state index is 0.644. The Hall–Kier alpha value is -1.03. The van der Waals surface area contributed by atoms with Crippen LogP contribution in [0.4, 0.5) is 0 Å². The summed E-state index contributed by atoms with van der Waals surface area (Å²) in [6.07, 6.45) is 0.948. The Kier molecular flexibility index (Phi) is 2.72. The van der Waals surface area contributed by atoms with Crippen molar-refractivity contribution in [1.82, 2.24) is 10.1 Å². The van der Waals surface area contributed by atoms with Crippen molar-refractivity contribution in [3.63, 3.8) is 0 Å². The predicted molar refractivity (Wildman–Crippen MR) is 52.3 cm³/mol. The van der Waals surface area contributed by atoms with Gasteiger partial charge in [0.1, 0.15) is 5.76 Å². The van der Waals surface area contributed by atoms with Crippen molar-refractivity contribution in [3.8, 4) is 5.88 Å². The van der Waals surface area contributed by atoms with E-state index in [9.17, 15) is 0 Å². The third-order valence-electron chi connectivity index (χ3n) is 2.60. The lowest BCUT2D eigenvalue weighted by atomic mass is 10.1. The smallest absolute Gasteiger partial charge is 0.258 e. The number of likely N-dealkylation sites (N-methyl/N-ethyl adjacent to an activating group) is 1. The van der Waals surface area contributed by atoms with E-state index in [-0.39, 0.29) is 0 Å². The standard InChI is InChI=1S/C10H16N2O2/c1-3-12-6-5-9-8(7-12)10(11-14-9)13-4-2/h3-7H2,1-2H3. The maximum atomic E-state index is 5.41. The second kappa shape index (κ2) is 4.00. The molecule has 0 unspecified atom stereocenters. The first kappa shape index (κ1) is 9.52. The largest absolute Gasteiger partial charge is 0.476 e. The summed E-state index contributed by atoms with van der Waals surface area (Å²) in [5, 5.41) is 3.93. The molecule has 0 fully saturated rings. The molecule has 1 aliphatic heterocycles. The van der Waals surface area contributed by atoms with E-state index in [1.807, 2.05) is 6.92 Å². The van der Waals surface area contributed by atoms with Gasteiger partial charge in [-0.25, -0.2) is 0 Å². The van der Waals surface area contributed by atoms with Crippen LogP contribution < -0.4 is 4.74 Å². The number of hydrogen-bond acceptors (Lipinski definition) is 4. The second-order valence-corrected chi connectivity index (χ2v) is 3.44. The summed E-state index contributed by atoms with van der Waals surface area (Å²) in [6, 6.07) is 0. The first-order chi connectivity index (χ1) is 6.85. The minimum atomic E-state index is 0.644. The van der Waals surface area contributed by atoms with E-state index in [4.69, 9.17) is 9.26 Å². The predicted octanol–water partition coefficient (Wildman–Crippen LogP) is 1.45. The fourth-order valence-electron chi connectivity index (χ4n) is 1.76. The molecule has 0 aromatic carbocycles. The lowest BCUT2D eigenvalue weighted by molar-refractivity contribution is 0.247. The van der Waals surface area contributed by atoms with E-state index in [1.54, 1.807) is 0 Å². The average Bonchev–Trinajstić information content (AvgIpc) is 2.61. The zero-order valence-corrected chi connectivity index (χ0v) is 8.75. The third-order valence-corrected chi connectivity index (χ3v) is 2.60. The Morgan fingerprint density at radius 1 is 1.50 bits per heavy atom. The number of nitrogens with zero attached hydrogens (tertiary/aromatic N) is 2. The van der Waals surface area contributed by atoms with Crippen molar-refractivity contribution in [3.05, 3.63) is 11.3 Å². The van der Waals surface area contributed by atoms with Gasteiger partial charge in [0.15, 0.2) is 0 Å². The minimum Gasteiger partial charge on any atom is -0.476 e. The molecule has 2 heterocycles. The van der Waals surface area contributed by atoms with E-state index in [2.05, 4.69) is 17.0 Å². The summed E-state index contributed by atoms with van der Waals surface area (Å²) in [5.74, 6) is 1.68. The van der Waals surface area contributed by atoms with Crippen LogP contribution in [0.2, 0.25) is 0 Å². The van der Waals surface area contributed by atoms with E-state index in [0.29, 0.717) is 12.5 Å². The molecule has 1 aliphatic rings. The van der Waals surface area contributed by atoms with Crippen LogP contribution in [0.5, 0.6) is 5.88 Å². The molecule has 0 aliphatic carbocycles. The average molecular weight is 196 g/mol. The molecule has 0 saturated carbocycles. The fraction of sp³-hybridized carbons (Fsp3) is 0.700. The van der Waals surface area contributed by atoms with Gasteiger partial charge < -0.3 is 9.26 Å². The molecular weight excluding hydrogens is 180 g/mol. The first-order valence-electron chi connectivity index (χ1n) is 5.17. The van der Waals surface area contributed by atoms with E-state index in [1.165, 1.54) is 0 Å². The van der Waals surface area contributed by atoms with Crippen LogP contribution in [-0.4, -0.2) is 29.8 Å². The molecule has 78 valence electrons. The van der Waals surface area contributed by atoms with Gasteiger partial charge in [0, 0.05) is 19.5 Å². The van der Waals surface area contributed by atoms with Gasteiger partial charge in [-0.3, -0.25) is 4.90 Å². The summed E-state index contributed by atoms with van der Waals surface area (Å²) in [5.41, 5.74) is 1.14. The molecule has 1 aromatic heterocycles. The summed E-state index contributed by atoms with van der Waals surface area (Å²) >= 11 is 0. The van der Waals surface area contributed by atoms with Crippen LogP contribution in [0.1, 0.15) is 25.2 Å². The fourth-order valence-corrected chi connectivity index (χ4v) is 1.76. The molecule has 0 spiro atoms. The number of hydrogen-bond donors (Lipinski definition) is 0. The van der Waals surface area contributed by atoms with Gasteiger partial charge in [-0.2, -0.15) is 0 Å². The molecule has 1 aromatic rings. The zero-order valence-electron chi connectivity index (χ0n) is 8.75. The molecule has 2 rings (SSSR count). The van der Waals surface area contributed by atoms with Crippen molar-refractivity contribution in [2.24, 2.45) is 0 Å². The van der Waals surface area contributed by atoms with Crippen LogP contribution in [0, 0.1) is 0 Å². The van der Waals surface area contributed by atoms with Crippen molar-refractivity contribution >= 4 is 0 Å². The van der Waals surface area contributed by atoms with Crippen molar-refractivity contribution in [1.29, 1.82) is 0 Å². The maximum absolute atomic E-state index is 5.41. The Labute approximate surface area is 83.8 Å². The number of fused-ring (bicyclic) bond motifs is 1. The maximum Gasteiger partial charge on any atom is 0.258 e. The molecule has 14 heavy (non-hydrogen) atoms. The van der Waals surface area contributed by atoms with Gasteiger partial charge in [-0.15, -0.1) is 0 Å². The molecule has 0 atom stereocenters. The highest BCUT2D eigenvalue weighted by molar-refractivity contribution is 5.30. The summed E-state index contributed by atoms with van der Waals surface area (Å²) in [7, 11) is 0. The van der Waals surface area contributed by atoms with Crippen LogP contribution in [0.15, 0.2) is 4.52 Å². The van der Waals surface area contributed by atoms with Gasteiger partial charge in [0.2, 0.25) is 0 Å². The summed E-state index contributed by atoms with van der Waals surface area (Å²) < 4.78 is 10.6. The number of ether oxygens (including phenoxy) is 1. The van der Waals surface area contributed by atoms with Crippen LogP contribution in [0.3, 0.4) is 0 Å². The molecule has 0 radical (unpaired) electrons. The Balaban J connectivity index is 2.19. The summed E-state index contributed by atoms with van der Waals surface area (Å²) in [4.78, 5) is 2.36. The van der Waals surface area contributed by atoms with Gasteiger partial charge in [0.05, 0.1) is 12.2 Å². The second-order valence-electron chi connectivity index (χ2n) is 3.44. The van der Waals surface area contributed by atoms with Crippen molar-refractivity contribution < 1.29 is 9.26 Å². The molecule has 0 bridgehead atoms. The molecule has 0 N–H and O–H groups in total. The highest BCUT2D eigenvalue weighted by Gasteiger charge is 2.23. The quantitative estimate of drug-likeness (QED) is 0.733. The van der Waals surface area contributed by atoms with Crippen molar-refractivity contribution in [2.45, 2.75) is 26.8 Å². The number of aromatic nitrogens is 1. The number of rotatable bonds is 3. The van der Waals surface area contributed by atoms with Gasteiger partial charge >= 0.3 is 0 Å². The highest BCUT2D eigenvalue weighted by Crippen LogP contribution is 2.27. The van der Waals surface area contributed by atoms with Crippen LogP contribution >= 0.6 is 0 Å². The molecular formula is C10H16N2O2. The Morgan fingerprint density at radius 2 is 2.36 bits per heavy atom. The monoisotopic (exact) mass is 196 g/mol. The normalized spacial score (nSPS) is 16.7. The molecule has 4 nitrogen and oxygen atoms in total. The van der Waals surface area contributed by atoms with E-state index in [0.717, 1.165) is 37.4 Å². The highest BCUT2D eigenvalue weighted by atomic mass is 16.5. The molecule has 4 heteroatoms. The van der Waals surface area contributed by atoms with Gasteiger partial charge in [0.25, 0.3) is 5.88 Å². The van der Waals surface area contributed by atoms with Crippen LogP contribution in [-0.2, 0) is 13.0 Å². The van der Waals surface area contributed by atoms with Gasteiger partial charge in [-0.05, 0) is 18.6 Å². The van der Waals surface area contributed by atoms with Crippen molar-refractivity contribution in [2.75, 3.05) is 19.7 Å². The molecule has 0 amide bonds. The lowest BCUT2D eigenvalue weighted by Gasteiger charge is -2.23. The third kappa shape index (κ3) is 1.62. The van der Waals surface area contributed by atoms with E-state index >= 15 is 0 Å². The van der Waals surface area contributed by atoms with Gasteiger partial charge in [-0.1, -0.05) is 6.92 Å². The lowest BCUT2D eigenvalue weighted by Crippen LogP contribution is -2.29. The van der Waals surface area contributed by atoms with E-state index < -0.39 is 0 Å². The zero-order chi connectivity index (χ0) is 9.97. The Morgan fingerprint density at radius 3 is 3.07 bits per heavy atom. The Bertz CT molecular complexity index is 309.